The fraction of sp³-hybridized carbons (Fsp3) is 0.941. The Labute approximate surface area is 123 Å². The number of aliphatic hydroxyl groups is 1. The van der Waals surface area contributed by atoms with Crippen LogP contribution >= 0.6 is 0 Å². The van der Waals surface area contributed by atoms with Gasteiger partial charge in [-0.15, -0.1) is 0 Å². The van der Waals surface area contributed by atoms with Crippen molar-refractivity contribution in [2.24, 2.45) is 41.4 Å². The van der Waals surface area contributed by atoms with E-state index in [1.807, 2.05) is 0 Å². The van der Waals surface area contributed by atoms with Crippen molar-refractivity contribution in [2.75, 3.05) is 13.7 Å². The van der Waals surface area contributed by atoms with Crippen molar-refractivity contribution < 1.29 is 14.6 Å². The minimum Gasteiger partial charge on any atom is -0.469 e. The van der Waals surface area contributed by atoms with Crippen molar-refractivity contribution >= 4 is 5.97 Å². The van der Waals surface area contributed by atoms with Crippen LogP contribution in [0.15, 0.2) is 0 Å². The van der Waals surface area contributed by atoms with Gasteiger partial charge < -0.3 is 9.84 Å². The van der Waals surface area contributed by atoms with Gasteiger partial charge in [0.25, 0.3) is 0 Å². The Morgan fingerprint density at radius 1 is 1.20 bits per heavy atom. The van der Waals surface area contributed by atoms with E-state index in [-0.39, 0.29) is 18.5 Å². The number of carbonyl (C=O) groups excluding carboxylic acids is 1. The smallest absolute Gasteiger partial charge is 0.308 e. The molecule has 0 heterocycles. The van der Waals surface area contributed by atoms with E-state index >= 15 is 0 Å². The molecule has 3 heteroatoms. The van der Waals surface area contributed by atoms with Crippen LogP contribution in [0.3, 0.4) is 0 Å². The highest BCUT2D eigenvalue weighted by Gasteiger charge is 2.60. The molecule has 3 fully saturated rings. The standard InChI is InChI=1S/C15H24O2.C2H6O/c1-4-9-5-8(2)13-10-6-11(14(9)13)12(7-10)15(16)17-3;1-2-3/h8-14H,4-7H2,1-3H3;3H,2H2,1H3. The Morgan fingerprint density at radius 2 is 1.85 bits per heavy atom. The summed E-state index contributed by atoms with van der Waals surface area (Å²) in [4.78, 5) is 11.8. The lowest BCUT2D eigenvalue weighted by Crippen LogP contribution is -2.34. The first-order chi connectivity index (χ1) is 9.58. The number of rotatable bonds is 2. The highest BCUT2D eigenvalue weighted by molar-refractivity contribution is 5.73. The zero-order chi connectivity index (χ0) is 14.9. The molecule has 3 rings (SSSR count). The molecule has 3 aliphatic carbocycles. The Hall–Kier alpha value is -0.570. The summed E-state index contributed by atoms with van der Waals surface area (Å²) in [6.45, 7) is 6.68. The minimum atomic E-state index is 0.0605. The van der Waals surface area contributed by atoms with Crippen LogP contribution in [0.2, 0.25) is 0 Å². The van der Waals surface area contributed by atoms with Crippen molar-refractivity contribution in [3.05, 3.63) is 0 Å². The van der Waals surface area contributed by atoms with Gasteiger partial charge in [-0.3, -0.25) is 4.79 Å². The number of methoxy groups -OCH3 is 1. The molecule has 2 bridgehead atoms. The largest absolute Gasteiger partial charge is 0.469 e. The summed E-state index contributed by atoms with van der Waals surface area (Å²) >= 11 is 0. The van der Waals surface area contributed by atoms with E-state index in [9.17, 15) is 4.79 Å². The van der Waals surface area contributed by atoms with Gasteiger partial charge in [0.1, 0.15) is 0 Å². The number of fused-ring (bicyclic) bond motifs is 5. The molecule has 0 spiro atoms. The summed E-state index contributed by atoms with van der Waals surface area (Å²) in [5.74, 6) is 5.27. The van der Waals surface area contributed by atoms with Crippen LogP contribution in [-0.2, 0) is 9.53 Å². The third-order valence-electron chi connectivity index (χ3n) is 6.04. The number of esters is 1. The molecule has 7 unspecified atom stereocenters. The molecule has 0 aromatic heterocycles. The minimum absolute atomic E-state index is 0.0605. The Bertz CT molecular complexity index is 341. The summed E-state index contributed by atoms with van der Waals surface area (Å²) in [6.07, 6.45) is 5.10. The second kappa shape index (κ2) is 6.46. The fourth-order valence-corrected chi connectivity index (χ4v) is 5.61. The average Bonchev–Trinajstić information content (AvgIpc) is 3.09. The third-order valence-corrected chi connectivity index (χ3v) is 6.04. The van der Waals surface area contributed by atoms with Crippen molar-refractivity contribution in [2.45, 2.75) is 46.5 Å². The molecule has 1 N–H and O–H groups in total. The van der Waals surface area contributed by atoms with Gasteiger partial charge >= 0.3 is 5.97 Å². The molecule has 7 atom stereocenters. The molecule has 3 aliphatic rings. The SMILES string of the molecule is CCC1CC(C)C2C3CC(C(=O)OC)C(C3)C12.CCO. The van der Waals surface area contributed by atoms with Crippen LogP contribution in [-0.4, -0.2) is 24.8 Å². The van der Waals surface area contributed by atoms with Crippen LogP contribution < -0.4 is 0 Å². The molecule has 0 aromatic carbocycles. The normalized spacial score (nSPS) is 44.8. The van der Waals surface area contributed by atoms with Gasteiger partial charge in [0.15, 0.2) is 0 Å². The van der Waals surface area contributed by atoms with Crippen LogP contribution in [0.4, 0.5) is 0 Å². The molecule has 0 radical (unpaired) electrons. The zero-order valence-corrected chi connectivity index (χ0v) is 13.3. The quantitative estimate of drug-likeness (QED) is 0.792. The lowest BCUT2D eigenvalue weighted by Gasteiger charge is -2.34. The number of ether oxygens (including phenoxy) is 1. The molecule has 0 saturated heterocycles. The Balaban J connectivity index is 0.000000452. The van der Waals surface area contributed by atoms with Crippen LogP contribution in [0.1, 0.15) is 46.5 Å². The second-order valence-corrected chi connectivity index (χ2v) is 6.88. The number of carbonyl (C=O) groups is 1. The molecule has 3 nitrogen and oxygen atoms in total. The number of aliphatic hydroxyl groups excluding tert-OH is 1. The Kier molecular flexibility index (Phi) is 5.11. The second-order valence-electron chi connectivity index (χ2n) is 6.88. The summed E-state index contributed by atoms with van der Waals surface area (Å²) in [7, 11) is 1.54. The first kappa shape index (κ1) is 15.8. The van der Waals surface area contributed by atoms with E-state index in [0.29, 0.717) is 5.92 Å². The monoisotopic (exact) mass is 282 g/mol. The van der Waals surface area contributed by atoms with Gasteiger partial charge in [0.2, 0.25) is 0 Å². The van der Waals surface area contributed by atoms with E-state index in [1.165, 1.54) is 19.3 Å². The maximum Gasteiger partial charge on any atom is 0.308 e. The molecule has 0 aliphatic heterocycles. The molecule has 3 saturated carbocycles. The lowest BCUT2D eigenvalue weighted by molar-refractivity contribution is -0.148. The van der Waals surface area contributed by atoms with Gasteiger partial charge in [0.05, 0.1) is 13.0 Å². The van der Waals surface area contributed by atoms with Crippen LogP contribution in [0, 0.1) is 41.4 Å². The van der Waals surface area contributed by atoms with Crippen LogP contribution in [0.25, 0.3) is 0 Å². The van der Waals surface area contributed by atoms with E-state index in [2.05, 4.69) is 13.8 Å². The molecule has 0 amide bonds. The summed E-state index contributed by atoms with van der Waals surface area (Å²) in [5.41, 5.74) is 0. The van der Waals surface area contributed by atoms with Gasteiger partial charge in [-0.25, -0.2) is 0 Å². The van der Waals surface area contributed by atoms with Crippen molar-refractivity contribution in [3.8, 4) is 0 Å². The first-order valence-electron chi connectivity index (χ1n) is 8.27. The van der Waals surface area contributed by atoms with E-state index in [1.54, 1.807) is 14.0 Å². The van der Waals surface area contributed by atoms with E-state index in [4.69, 9.17) is 9.84 Å². The topological polar surface area (TPSA) is 46.5 Å². The first-order valence-corrected chi connectivity index (χ1v) is 8.27. The van der Waals surface area contributed by atoms with Crippen LogP contribution in [0.5, 0.6) is 0 Å². The highest BCUT2D eigenvalue weighted by Crippen LogP contribution is 2.65. The molecule has 20 heavy (non-hydrogen) atoms. The predicted octanol–water partition coefficient (Wildman–Crippen LogP) is 3.11. The van der Waals surface area contributed by atoms with Gasteiger partial charge in [-0.1, -0.05) is 20.3 Å². The predicted molar refractivity (Wildman–Crippen MR) is 79.0 cm³/mol. The Morgan fingerprint density at radius 3 is 2.40 bits per heavy atom. The van der Waals surface area contributed by atoms with Gasteiger partial charge in [-0.05, 0) is 61.7 Å². The van der Waals surface area contributed by atoms with E-state index in [0.717, 1.165) is 36.0 Å². The molecule has 116 valence electrons. The maximum atomic E-state index is 11.8. The molecular formula is C17H30O3. The maximum absolute atomic E-state index is 11.8. The van der Waals surface area contributed by atoms with E-state index < -0.39 is 0 Å². The summed E-state index contributed by atoms with van der Waals surface area (Å²) < 4.78 is 4.99. The number of hydrogen-bond acceptors (Lipinski definition) is 3. The number of hydrogen-bond donors (Lipinski definition) is 1. The molecular weight excluding hydrogens is 252 g/mol. The fourth-order valence-electron chi connectivity index (χ4n) is 5.61. The lowest BCUT2D eigenvalue weighted by atomic mass is 9.71. The third kappa shape index (κ3) is 2.49. The van der Waals surface area contributed by atoms with Crippen molar-refractivity contribution in [3.63, 3.8) is 0 Å². The summed E-state index contributed by atoms with van der Waals surface area (Å²) in [5, 5.41) is 7.57. The van der Waals surface area contributed by atoms with Gasteiger partial charge in [0, 0.05) is 6.61 Å². The average molecular weight is 282 g/mol. The summed E-state index contributed by atoms with van der Waals surface area (Å²) in [6, 6.07) is 0. The zero-order valence-electron chi connectivity index (χ0n) is 13.3. The van der Waals surface area contributed by atoms with Gasteiger partial charge in [-0.2, -0.15) is 0 Å². The van der Waals surface area contributed by atoms with Crippen molar-refractivity contribution in [1.29, 1.82) is 0 Å². The van der Waals surface area contributed by atoms with Crippen molar-refractivity contribution in [1.82, 2.24) is 0 Å². The highest BCUT2D eigenvalue weighted by atomic mass is 16.5. The molecule has 0 aromatic rings.